The molecule has 0 unspecified atom stereocenters. The molecule has 1 heterocycles. The zero-order chi connectivity index (χ0) is 20.6. The van der Waals surface area contributed by atoms with E-state index >= 15 is 0 Å². The maximum atomic E-state index is 13.3. The zero-order valence-corrected chi connectivity index (χ0v) is 13.6. The summed E-state index contributed by atoms with van der Waals surface area (Å²) < 4.78 is 102. The summed E-state index contributed by atoms with van der Waals surface area (Å²) in [5, 5.41) is 4.74. The molecule has 0 spiro atoms. The Hall–Kier alpha value is -2.37. The van der Waals surface area contributed by atoms with Crippen molar-refractivity contribution in [2.24, 2.45) is 0 Å². The molecule has 2 aromatic rings. The number of carbonyl (C=O) groups is 1. The Morgan fingerprint density at radius 1 is 1.11 bits per heavy atom. The second-order valence-electron chi connectivity index (χ2n) is 5.23. The summed E-state index contributed by atoms with van der Waals surface area (Å²) in [5.74, 6) is -16.8. The highest BCUT2D eigenvalue weighted by atomic mass is 35.5. The Morgan fingerprint density at radius 2 is 1.74 bits per heavy atom. The molecule has 1 aromatic heterocycles. The number of amides is 1. The van der Waals surface area contributed by atoms with Crippen LogP contribution in [0.5, 0.6) is 0 Å². The normalized spacial score (nSPS) is 12.9. The Balaban J connectivity index is 2.14. The number of nitrogens with one attached hydrogen (secondary N) is 1. The van der Waals surface area contributed by atoms with Crippen molar-refractivity contribution in [3.63, 3.8) is 0 Å². The molecule has 4 nitrogen and oxygen atoms in total. The fourth-order valence-electron chi connectivity index (χ4n) is 1.86. The minimum Gasteiger partial charge on any atom is -0.304 e. The van der Waals surface area contributed by atoms with Gasteiger partial charge in [-0.05, 0) is 17.7 Å². The maximum Gasteiger partial charge on any atom is 0.460 e. The highest BCUT2D eigenvalue weighted by Gasteiger charge is 2.76. The molecule has 0 saturated carbocycles. The van der Waals surface area contributed by atoms with Gasteiger partial charge in [-0.15, -0.1) is 0 Å². The lowest BCUT2D eigenvalue weighted by atomic mass is 10.1. The topological polar surface area (TPSA) is 46.9 Å². The molecule has 1 amide bonds. The number of nitrogens with zero attached hydrogens (tertiary/aromatic N) is 2. The Labute approximate surface area is 150 Å². The van der Waals surface area contributed by atoms with E-state index < -0.39 is 35.6 Å². The molecule has 148 valence electrons. The average molecular weight is 422 g/mol. The van der Waals surface area contributed by atoms with E-state index in [1.807, 2.05) is 0 Å². The fourth-order valence-corrected chi connectivity index (χ4v) is 2.08. The molecular formula is C14H8ClF8N3O. The lowest BCUT2D eigenvalue weighted by Crippen LogP contribution is -2.57. The number of alkyl halides is 7. The van der Waals surface area contributed by atoms with E-state index in [9.17, 15) is 39.9 Å². The molecule has 0 aliphatic heterocycles. The van der Waals surface area contributed by atoms with Crippen LogP contribution in [0.3, 0.4) is 0 Å². The molecule has 27 heavy (non-hydrogen) atoms. The summed E-state index contributed by atoms with van der Waals surface area (Å²) in [4.78, 5) is 11.2. The first kappa shape index (κ1) is 20.9. The van der Waals surface area contributed by atoms with Gasteiger partial charge in [0.2, 0.25) is 0 Å². The minimum atomic E-state index is -6.63. The van der Waals surface area contributed by atoms with Gasteiger partial charge in [-0.3, -0.25) is 9.48 Å². The second kappa shape index (κ2) is 6.98. The van der Waals surface area contributed by atoms with Gasteiger partial charge in [0.05, 0.1) is 6.54 Å². The predicted molar refractivity (Wildman–Crippen MR) is 77.3 cm³/mol. The number of aromatic nitrogens is 2. The fraction of sp³-hybridized carbons (Fsp3) is 0.286. The first-order valence-electron chi connectivity index (χ1n) is 6.87. The van der Waals surface area contributed by atoms with Gasteiger partial charge >= 0.3 is 23.9 Å². The molecule has 0 bridgehead atoms. The minimum absolute atomic E-state index is 0.00689. The molecule has 1 N–H and O–H groups in total. The third kappa shape index (κ3) is 4.15. The monoisotopic (exact) mass is 421 g/mol. The zero-order valence-electron chi connectivity index (χ0n) is 12.8. The molecule has 0 atom stereocenters. The molecule has 0 radical (unpaired) electrons. The van der Waals surface area contributed by atoms with Crippen molar-refractivity contribution in [1.29, 1.82) is 0 Å². The first-order chi connectivity index (χ1) is 12.3. The summed E-state index contributed by atoms with van der Waals surface area (Å²) in [7, 11) is 0. The van der Waals surface area contributed by atoms with Gasteiger partial charge in [0, 0.05) is 17.3 Å². The number of rotatable bonds is 5. The molecule has 1 aromatic carbocycles. The third-order valence-electron chi connectivity index (χ3n) is 3.27. The van der Waals surface area contributed by atoms with E-state index in [1.54, 1.807) is 0 Å². The van der Waals surface area contributed by atoms with Gasteiger partial charge < -0.3 is 5.32 Å². The summed E-state index contributed by atoms with van der Waals surface area (Å²) in [6.45, 7) is -0.121. The van der Waals surface area contributed by atoms with Gasteiger partial charge in [-0.1, -0.05) is 17.7 Å². The summed E-state index contributed by atoms with van der Waals surface area (Å²) in [6.07, 6.45) is -5.53. The van der Waals surface area contributed by atoms with Crippen LogP contribution in [0, 0.1) is 5.82 Å². The summed E-state index contributed by atoms with van der Waals surface area (Å²) in [6, 6.07) is 4.24. The molecule has 0 aliphatic carbocycles. The number of halogens is 9. The van der Waals surface area contributed by atoms with Gasteiger partial charge in [0.1, 0.15) is 5.82 Å². The molecule has 0 fully saturated rings. The van der Waals surface area contributed by atoms with Crippen LogP contribution in [0.4, 0.5) is 40.9 Å². The van der Waals surface area contributed by atoms with Crippen LogP contribution >= 0.6 is 11.6 Å². The van der Waals surface area contributed by atoms with E-state index in [0.29, 0.717) is 5.56 Å². The van der Waals surface area contributed by atoms with Crippen LogP contribution < -0.4 is 5.32 Å². The molecule has 13 heteroatoms. The van der Waals surface area contributed by atoms with Crippen molar-refractivity contribution in [2.45, 2.75) is 24.6 Å². The van der Waals surface area contributed by atoms with E-state index in [2.05, 4.69) is 5.10 Å². The second-order valence-corrected chi connectivity index (χ2v) is 5.64. The lowest BCUT2D eigenvalue weighted by molar-refractivity contribution is -0.343. The quantitative estimate of drug-likeness (QED) is 0.723. The largest absolute Gasteiger partial charge is 0.460 e. The van der Waals surface area contributed by atoms with Gasteiger partial charge in [-0.25, -0.2) is 4.39 Å². The van der Waals surface area contributed by atoms with Crippen LogP contribution in [0.1, 0.15) is 5.56 Å². The lowest BCUT2D eigenvalue weighted by Gasteiger charge is -2.26. The smallest absolute Gasteiger partial charge is 0.304 e. The molecule has 2 rings (SSSR count). The predicted octanol–water partition coefficient (Wildman–Crippen LogP) is 4.50. The van der Waals surface area contributed by atoms with Crippen molar-refractivity contribution in [3.8, 4) is 0 Å². The van der Waals surface area contributed by atoms with Crippen LogP contribution in [-0.4, -0.2) is 33.7 Å². The Kier molecular flexibility index (Phi) is 5.41. The van der Waals surface area contributed by atoms with Gasteiger partial charge in [0.25, 0.3) is 0 Å². The third-order valence-corrected chi connectivity index (χ3v) is 3.62. The number of hydrogen-bond acceptors (Lipinski definition) is 2. The molecular weight excluding hydrogens is 414 g/mol. The van der Waals surface area contributed by atoms with Crippen LogP contribution in [-0.2, 0) is 11.3 Å². The SMILES string of the molecule is O=C(Nc1ccn(Cc2ccc(F)cc2Cl)n1)C(F)(F)C(F)(F)C(F)(F)F. The van der Waals surface area contributed by atoms with Gasteiger partial charge in [0.15, 0.2) is 5.82 Å². The van der Waals surface area contributed by atoms with Crippen molar-refractivity contribution in [3.05, 3.63) is 46.9 Å². The van der Waals surface area contributed by atoms with E-state index in [4.69, 9.17) is 11.6 Å². The number of anilines is 1. The summed E-state index contributed by atoms with van der Waals surface area (Å²) in [5.41, 5.74) is 0.341. The average Bonchev–Trinajstić information content (AvgIpc) is 2.96. The van der Waals surface area contributed by atoms with Crippen molar-refractivity contribution in [1.82, 2.24) is 9.78 Å². The van der Waals surface area contributed by atoms with E-state index in [0.717, 1.165) is 29.1 Å². The first-order valence-corrected chi connectivity index (χ1v) is 7.24. The number of carbonyl (C=O) groups excluding carboxylic acids is 1. The van der Waals surface area contributed by atoms with Crippen LogP contribution in [0.2, 0.25) is 5.02 Å². The number of hydrogen-bond donors (Lipinski definition) is 1. The van der Waals surface area contributed by atoms with Crippen LogP contribution in [0.25, 0.3) is 0 Å². The number of benzene rings is 1. The molecule has 0 saturated heterocycles. The Morgan fingerprint density at radius 3 is 2.30 bits per heavy atom. The van der Waals surface area contributed by atoms with Crippen LogP contribution in [0.15, 0.2) is 30.5 Å². The van der Waals surface area contributed by atoms with Crippen molar-refractivity contribution >= 4 is 23.3 Å². The van der Waals surface area contributed by atoms with Crippen molar-refractivity contribution < 1.29 is 39.9 Å². The summed E-state index contributed by atoms with van der Waals surface area (Å²) >= 11 is 5.78. The van der Waals surface area contributed by atoms with Gasteiger partial charge in [-0.2, -0.15) is 35.8 Å². The highest BCUT2D eigenvalue weighted by Crippen LogP contribution is 2.46. The highest BCUT2D eigenvalue weighted by molar-refractivity contribution is 6.31. The Bertz CT molecular complexity index is 849. The maximum absolute atomic E-state index is 13.3. The van der Waals surface area contributed by atoms with Crippen molar-refractivity contribution in [2.75, 3.05) is 5.32 Å². The van der Waals surface area contributed by atoms with E-state index in [-0.39, 0.29) is 11.6 Å². The van der Waals surface area contributed by atoms with E-state index in [1.165, 1.54) is 11.4 Å². The molecule has 0 aliphatic rings. The standard InChI is InChI=1S/C14H8ClF8N3O/c15-9-5-8(16)2-1-7(9)6-26-4-3-10(25-26)24-11(27)12(17,18)13(19,20)14(21,22)23/h1-5H,6H2,(H,24,25,27).